The molecule has 0 saturated carbocycles. The fourth-order valence-electron chi connectivity index (χ4n) is 12.4. The molecule has 19 N–H and O–H groups in total. The van der Waals surface area contributed by atoms with Gasteiger partial charge < -0.3 is 163 Å². The third-order valence-corrected chi connectivity index (χ3v) is 20.5. The number of rotatable bonds is 13. The van der Waals surface area contributed by atoms with E-state index in [1.807, 2.05) is 0 Å². The van der Waals surface area contributed by atoms with Crippen molar-refractivity contribution in [2.45, 2.75) is 239 Å². The molecular weight excluding hydrogens is 1360 g/mol. The lowest BCUT2D eigenvalue weighted by Crippen LogP contribution is -2.69. The predicted molar refractivity (Wildman–Crippen MR) is 303 cm³/mol. The maximum absolute atomic E-state index is 14.2. The summed E-state index contributed by atoms with van der Waals surface area (Å²) in [5.74, 6) is 0. The predicted octanol–water partition coefficient (Wildman–Crippen LogP) is -11.8. The number of aryl methyl sites for hydroxylation is 2. The number of aliphatic hydroxyl groups is 19. The van der Waals surface area contributed by atoms with Gasteiger partial charge in [-0.1, -0.05) is 35.4 Å². The molecule has 0 spiro atoms. The summed E-state index contributed by atoms with van der Waals surface area (Å²) in [6, 6.07) is 9.83. The second-order valence-corrected chi connectivity index (χ2v) is 27.5. The third-order valence-electron chi connectivity index (χ3n) is 17.8. The van der Waals surface area contributed by atoms with E-state index < -0.39 is 291 Å². The van der Waals surface area contributed by atoms with Crippen molar-refractivity contribution in [2.75, 3.05) is 46.2 Å². The molecule has 15 aliphatic heterocycles. The van der Waals surface area contributed by atoms with Crippen LogP contribution in [0, 0.1) is 13.8 Å². The van der Waals surface area contributed by atoms with Gasteiger partial charge in [-0.3, -0.25) is 8.37 Å². The highest BCUT2D eigenvalue weighted by Crippen LogP contribution is 2.41. The van der Waals surface area contributed by atoms with Gasteiger partial charge in [-0.2, -0.15) is 16.8 Å². The van der Waals surface area contributed by atoms with Crippen molar-refractivity contribution >= 4 is 20.2 Å². The Labute approximate surface area is 551 Å². The summed E-state index contributed by atoms with van der Waals surface area (Å²) < 4.78 is 150. The van der Waals surface area contributed by atoms with Crippen LogP contribution in [0.25, 0.3) is 0 Å². The number of hydrogen-bond acceptors (Lipinski definition) is 39. The summed E-state index contributed by atoms with van der Waals surface area (Å²) in [6.07, 6.45) is -76.4. The molecule has 552 valence electrons. The maximum atomic E-state index is 14.2. The van der Waals surface area contributed by atoms with Crippen molar-refractivity contribution in [3.63, 3.8) is 0 Å². The van der Waals surface area contributed by atoms with Crippen molar-refractivity contribution in [3.8, 4) is 0 Å². The second-order valence-electron chi connectivity index (χ2n) is 24.3. The second kappa shape index (κ2) is 31.9. The SMILES string of the molecule is Cc1ccc(S(=O)(=O)O[C@H]2[C@H]3O[C@H]4[C@H](O)[C@@H](OS(=O)(=O)c5ccc(C)cc5)[C@@H](O[C@H]5[C@H](O)[C@@H](O)[C@@H](O[C@H]6[C@H](O)[C@@H](O)[C@@H](O[C@H]7[C@H](O)[C@@H](O)[C@@H](O[C@H]8[C@H](O)[C@@H](O)[C@@H](O[C@H]9[C@H](O)[C@@H](O)[C@@H](O[C@@H]([C@@H]2O)[C@@H](CO)O3)O[C@@H]9CO)O[C@@H]8CO)O[C@@H]7CO)O[C@@H]6CO)O[C@@H]5CO)O[C@@H]4CO)cc1. The Bertz CT molecular complexity index is 2990. The largest absolute Gasteiger partial charge is 0.394 e. The van der Waals surface area contributed by atoms with E-state index in [1.165, 1.54) is 24.3 Å². The van der Waals surface area contributed by atoms with E-state index in [0.29, 0.717) is 11.1 Å². The van der Waals surface area contributed by atoms with Crippen LogP contribution in [0.5, 0.6) is 0 Å². The first-order valence-corrected chi connectivity index (χ1v) is 33.4. The Morgan fingerprint density at radius 1 is 0.268 bits per heavy atom. The molecule has 39 nitrogen and oxygen atoms in total. The summed E-state index contributed by atoms with van der Waals surface area (Å²) in [5, 5.41) is 215. The van der Waals surface area contributed by atoms with Crippen LogP contribution in [-0.2, 0) is 94.9 Å². The Balaban J connectivity index is 1.02. The molecule has 0 radical (unpaired) electrons. The Kier molecular flexibility index (Phi) is 25.2. The van der Waals surface area contributed by atoms with Crippen LogP contribution in [0.4, 0.5) is 0 Å². The summed E-state index contributed by atoms with van der Waals surface area (Å²) in [6.45, 7) is -4.95. The molecular formula is C56H82O39S2. The van der Waals surface area contributed by atoms with E-state index in [9.17, 15) is 114 Å². The fraction of sp³-hybridized carbons (Fsp3) is 0.786. The molecule has 0 aliphatic carbocycles. The van der Waals surface area contributed by atoms with Gasteiger partial charge in [0.05, 0.1) is 56.0 Å². The lowest BCUT2D eigenvalue weighted by atomic mass is 9.95. The molecule has 17 rings (SSSR count). The molecule has 41 heteroatoms. The van der Waals surface area contributed by atoms with Crippen LogP contribution in [0.2, 0.25) is 0 Å². The standard InChI is InChI=1S/C56H82O39S2/c1-18-3-7-20(8-4-18)96(76,77)94-48-39(74)46-27(16-62)85-56(48)93-47-28(17-63)86-55(49(40(47)75)95-97(78,79)21-9-5-19(2)6-10-21)92-45-26(15-61)84-53(38(73)33(45)68)90-43-24(13-59)82-51(36(71)31(43)66)88-41-22(11-57)80-50(34(69)29(41)64)87-42-23(12-58)81-52(35(70)30(42)65)89-44-25(14-60)83-54(91-46)37(72)32(44)67/h3-10,22-75H,11-17H2,1-2H3/t22-,23-,24-,25-,26-,27-,28-,29-,30-,31-,32-,33-,34-,35-,36-,37-,38-,39+,40+,41-,42-,43-,44-,45-,46-,47-,48-,49-,50-,51-,52-,53-,54-,55-,56-/m1/s1. The monoisotopic (exact) mass is 1440 g/mol. The minimum atomic E-state index is -5.13. The van der Waals surface area contributed by atoms with E-state index in [2.05, 4.69) is 0 Å². The Hall–Kier alpha value is -3.06. The van der Waals surface area contributed by atoms with Crippen molar-refractivity contribution in [1.82, 2.24) is 0 Å². The molecule has 14 bridgehead atoms. The number of ether oxygens (including phenoxy) is 14. The molecule has 15 heterocycles. The number of aliphatic hydroxyl groups excluding tert-OH is 19. The van der Waals surface area contributed by atoms with E-state index >= 15 is 0 Å². The first kappa shape index (κ1) is 76.6. The van der Waals surface area contributed by atoms with Crippen molar-refractivity contribution in [3.05, 3.63) is 59.7 Å². The lowest BCUT2D eigenvalue weighted by Gasteiger charge is -2.50. The topological polar surface area (TPSA) is 600 Å². The smallest absolute Gasteiger partial charge is 0.297 e. The highest BCUT2D eigenvalue weighted by atomic mass is 32.2. The molecule has 35 atom stereocenters. The zero-order chi connectivity index (χ0) is 70.4. The maximum Gasteiger partial charge on any atom is 0.297 e. The zero-order valence-corrected chi connectivity index (χ0v) is 52.9. The van der Waals surface area contributed by atoms with E-state index in [0.717, 1.165) is 24.3 Å². The van der Waals surface area contributed by atoms with E-state index in [4.69, 9.17) is 74.7 Å². The fourth-order valence-corrected chi connectivity index (χ4v) is 14.6. The van der Waals surface area contributed by atoms with Crippen LogP contribution in [0.3, 0.4) is 0 Å². The van der Waals surface area contributed by atoms with Gasteiger partial charge in [-0.25, -0.2) is 0 Å². The molecule has 15 saturated heterocycles. The normalized spacial score (nSPS) is 46.7. The van der Waals surface area contributed by atoms with Crippen molar-refractivity contribution in [1.29, 1.82) is 0 Å². The lowest BCUT2D eigenvalue weighted by molar-refractivity contribution is -0.396. The van der Waals surface area contributed by atoms with Gasteiger partial charge in [0.25, 0.3) is 20.2 Å². The first-order valence-electron chi connectivity index (χ1n) is 30.6. The quantitative estimate of drug-likeness (QED) is 0.0828. The molecule has 0 aromatic heterocycles. The molecule has 15 aliphatic rings. The number of fused-ring (bicyclic) bond motifs is 7. The molecule has 97 heavy (non-hydrogen) atoms. The summed E-state index contributed by atoms with van der Waals surface area (Å²) in [5.41, 5.74) is 1.13. The van der Waals surface area contributed by atoms with Crippen LogP contribution < -0.4 is 0 Å². The van der Waals surface area contributed by atoms with Crippen molar-refractivity contribution in [2.24, 2.45) is 0 Å². The van der Waals surface area contributed by atoms with E-state index in [1.54, 1.807) is 13.8 Å². The Morgan fingerprint density at radius 3 is 0.639 bits per heavy atom. The number of benzene rings is 2. The molecule has 15 fully saturated rings. The summed E-state index contributed by atoms with van der Waals surface area (Å²) >= 11 is 0. The molecule has 0 unspecified atom stereocenters. The van der Waals surface area contributed by atoms with Gasteiger partial charge in [-0.15, -0.1) is 0 Å². The van der Waals surface area contributed by atoms with Gasteiger partial charge >= 0.3 is 0 Å². The van der Waals surface area contributed by atoms with Crippen molar-refractivity contribution < 1.29 is 189 Å². The average Bonchev–Trinajstić information content (AvgIpc) is 0.816. The first-order chi connectivity index (χ1) is 46.0. The summed E-state index contributed by atoms with van der Waals surface area (Å²) in [7, 11) is -10.3. The zero-order valence-electron chi connectivity index (χ0n) is 51.3. The van der Waals surface area contributed by atoms with Gasteiger partial charge in [0, 0.05) is 0 Å². The summed E-state index contributed by atoms with van der Waals surface area (Å²) in [4.78, 5) is -1.11. The van der Waals surface area contributed by atoms with Gasteiger partial charge in [-0.05, 0) is 38.1 Å². The average molecular weight is 1440 g/mol. The van der Waals surface area contributed by atoms with Gasteiger partial charge in [0.1, 0.15) is 159 Å². The minimum Gasteiger partial charge on any atom is -0.394 e. The van der Waals surface area contributed by atoms with Crippen LogP contribution in [0.1, 0.15) is 11.1 Å². The van der Waals surface area contributed by atoms with Crippen LogP contribution >= 0.6 is 0 Å². The van der Waals surface area contributed by atoms with E-state index in [-0.39, 0.29) is 0 Å². The highest BCUT2D eigenvalue weighted by molar-refractivity contribution is 7.87. The third kappa shape index (κ3) is 15.7. The van der Waals surface area contributed by atoms with Gasteiger partial charge in [0.2, 0.25) is 0 Å². The molecule has 2 aromatic rings. The highest BCUT2D eigenvalue weighted by Gasteiger charge is 2.61. The Morgan fingerprint density at radius 2 is 0.443 bits per heavy atom. The van der Waals surface area contributed by atoms with Crippen LogP contribution in [0.15, 0.2) is 58.3 Å². The van der Waals surface area contributed by atoms with Gasteiger partial charge in [0.15, 0.2) is 56.2 Å². The number of hydrogen-bond donors (Lipinski definition) is 19. The molecule has 0 amide bonds. The minimum absolute atomic E-state index is 0.556. The molecule has 2 aromatic carbocycles. The van der Waals surface area contributed by atoms with Crippen LogP contribution in [-0.4, -0.2) is 375 Å².